The fourth-order valence-electron chi connectivity index (χ4n) is 1.91. The third-order valence-electron chi connectivity index (χ3n) is 3.09. The van der Waals surface area contributed by atoms with Gasteiger partial charge in [-0.15, -0.1) is 0 Å². The van der Waals surface area contributed by atoms with E-state index in [1.807, 2.05) is 38.1 Å². The van der Waals surface area contributed by atoms with Crippen LogP contribution in [0.25, 0.3) is 0 Å². The number of hydrogen-bond donors (Lipinski definition) is 2. The van der Waals surface area contributed by atoms with Gasteiger partial charge in [0.15, 0.2) is 5.76 Å². The predicted octanol–water partition coefficient (Wildman–Crippen LogP) is 3.28. The number of furan rings is 1. The van der Waals surface area contributed by atoms with Gasteiger partial charge in [-0.05, 0) is 64.9 Å². The summed E-state index contributed by atoms with van der Waals surface area (Å²) < 4.78 is 6.13. The van der Waals surface area contributed by atoms with Crippen LogP contribution in [0.1, 0.15) is 24.4 Å². The molecular weight excluding hydrogens is 395 g/mol. The number of hydrogen-bond acceptors (Lipinski definition) is 3. The van der Waals surface area contributed by atoms with E-state index in [-0.39, 0.29) is 17.6 Å². The molecule has 0 unspecified atom stereocenters. The molecule has 1 aromatic heterocycles. The molecule has 22 heavy (non-hydrogen) atoms. The molecule has 2 rings (SSSR count). The molecule has 1 aromatic carbocycles. The van der Waals surface area contributed by atoms with Crippen molar-refractivity contribution in [3.8, 4) is 0 Å². The van der Waals surface area contributed by atoms with Crippen LogP contribution in [0.3, 0.4) is 0 Å². The van der Waals surface area contributed by atoms with Crippen molar-refractivity contribution in [2.75, 3.05) is 5.32 Å². The zero-order valence-corrected chi connectivity index (χ0v) is 14.5. The van der Waals surface area contributed by atoms with E-state index in [2.05, 4.69) is 33.2 Å². The first kappa shape index (κ1) is 16.5. The number of halogens is 1. The van der Waals surface area contributed by atoms with E-state index in [0.29, 0.717) is 5.69 Å². The summed E-state index contributed by atoms with van der Waals surface area (Å²) in [5.74, 6) is -0.520. The molecule has 1 atom stereocenters. The number of anilines is 1. The largest absolute Gasteiger partial charge is 0.459 e. The summed E-state index contributed by atoms with van der Waals surface area (Å²) in [7, 11) is 0. The van der Waals surface area contributed by atoms with Gasteiger partial charge in [0.2, 0.25) is 5.91 Å². The summed E-state index contributed by atoms with van der Waals surface area (Å²) in [5, 5.41) is 5.52. The van der Waals surface area contributed by atoms with Crippen molar-refractivity contribution in [2.24, 2.45) is 5.92 Å². The van der Waals surface area contributed by atoms with Crippen LogP contribution in [-0.4, -0.2) is 17.9 Å². The summed E-state index contributed by atoms with van der Waals surface area (Å²) in [4.78, 5) is 24.4. The summed E-state index contributed by atoms with van der Waals surface area (Å²) in [6.45, 7) is 3.75. The third kappa shape index (κ3) is 4.33. The highest BCUT2D eigenvalue weighted by molar-refractivity contribution is 14.1. The zero-order valence-electron chi connectivity index (χ0n) is 12.3. The summed E-state index contributed by atoms with van der Waals surface area (Å²) in [6, 6.07) is 10.0. The minimum atomic E-state index is -0.642. The second-order valence-electron chi connectivity index (χ2n) is 5.17. The Hall–Kier alpha value is -1.83. The number of rotatable bonds is 5. The Labute approximate surface area is 142 Å². The summed E-state index contributed by atoms with van der Waals surface area (Å²) >= 11 is 2.20. The van der Waals surface area contributed by atoms with Gasteiger partial charge in [0.05, 0.1) is 6.26 Å². The SMILES string of the molecule is CC(C)[C@H](NC(=O)c1ccco1)C(=O)Nc1ccc(I)cc1. The number of carbonyl (C=O) groups excluding carboxylic acids is 2. The maximum atomic E-state index is 12.4. The van der Waals surface area contributed by atoms with E-state index in [9.17, 15) is 9.59 Å². The van der Waals surface area contributed by atoms with Gasteiger partial charge in [0.1, 0.15) is 6.04 Å². The van der Waals surface area contributed by atoms with E-state index >= 15 is 0 Å². The highest BCUT2D eigenvalue weighted by Crippen LogP contribution is 2.13. The molecule has 0 saturated carbocycles. The number of nitrogens with one attached hydrogen (secondary N) is 2. The first-order chi connectivity index (χ1) is 10.5. The fraction of sp³-hybridized carbons (Fsp3) is 0.250. The molecule has 2 aromatic rings. The Bertz CT molecular complexity index is 636. The van der Waals surface area contributed by atoms with E-state index in [0.717, 1.165) is 3.57 Å². The molecular formula is C16H17IN2O3. The van der Waals surface area contributed by atoms with Crippen LogP contribution in [0.2, 0.25) is 0 Å². The summed E-state index contributed by atoms with van der Waals surface area (Å²) in [5.41, 5.74) is 0.698. The maximum absolute atomic E-state index is 12.4. The minimum absolute atomic E-state index is 0.0530. The van der Waals surface area contributed by atoms with E-state index in [1.54, 1.807) is 12.1 Å². The fourth-order valence-corrected chi connectivity index (χ4v) is 2.27. The zero-order chi connectivity index (χ0) is 16.1. The van der Waals surface area contributed by atoms with Crippen LogP contribution >= 0.6 is 22.6 Å². The summed E-state index contributed by atoms with van der Waals surface area (Å²) in [6.07, 6.45) is 1.42. The monoisotopic (exact) mass is 412 g/mol. The standard InChI is InChI=1S/C16H17IN2O3/c1-10(2)14(19-15(20)13-4-3-9-22-13)16(21)18-12-7-5-11(17)6-8-12/h3-10,14H,1-2H3,(H,18,21)(H,19,20)/t14-/m0/s1. The molecule has 0 saturated heterocycles. The number of amides is 2. The van der Waals surface area contributed by atoms with Gasteiger partial charge in [0.25, 0.3) is 5.91 Å². The Balaban J connectivity index is 2.05. The lowest BCUT2D eigenvalue weighted by Crippen LogP contribution is -2.47. The van der Waals surface area contributed by atoms with Crippen LogP contribution in [0.4, 0.5) is 5.69 Å². The lowest BCUT2D eigenvalue weighted by molar-refractivity contribution is -0.118. The molecule has 5 nitrogen and oxygen atoms in total. The van der Waals surface area contributed by atoms with E-state index in [4.69, 9.17) is 4.42 Å². The van der Waals surface area contributed by atoms with Crippen LogP contribution < -0.4 is 10.6 Å². The molecule has 6 heteroatoms. The normalized spacial score (nSPS) is 12.0. The predicted molar refractivity (Wildman–Crippen MR) is 92.6 cm³/mol. The third-order valence-corrected chi connectivity index (χ3v) is 3.81. The Morgan fingerprint density at radius 1 is 1.14 bits per heavy atom. The smallest absolute Gasteiger partial charge is 0.287 e. The van der Waals surface area contributed by atoms with Gasteiger partial charge in [-0.25, -0.2) is 0 Å². The van der Waals surface area contributed by atoms with Crippen LogP contribution in [0.15, 0.2) is 47.1 Å². The van der Waals surface area contributed by atoms with Crippen molar-refractivity contribution in [1.29, 1.82) is 0 Å². The second kappa shape index (κ2) is 7.44. The molecule has 0 bridgehead atoms. The Kier molecular flexibility index (Phi) is 5.59. The molecule has 0 radical (unpaired) electrons. The van der Waals surface area contributed by atoms with Gasteiger partial charge in [-0.1, -0.05) is 13.8 Å². The minimum Gasteiger partial charge on any atom is -0.459 e. The molecule has 0 aliphatic heterocycles. The molecule has 1 heterocycles. The van der Waals surface area contributed by atoms with E-state index < -0.39 is 11.9 Å². The lowest BCUT2D eigenvalue weighted by Gasteiger charge is -2.21. The Morgan fingerprint density at radius 3 is 2.36 bits per heavy atom. The van der Waals surface area contributed by atoms with Crippen molar-refractivity contribution >= 4 is 40.1 Å². The average Bonchev–Trinajstić information content (AvgIpc) is 3.00. The van der Waals surface area contributed by atoms with Crippen LogP contribution in [0, 0.1) is 9.49 Å². The molecule has 0 spiro atoms. The first-order valence-electron chi connectivity index (χ1n) is 6.88. The van der Waals surface area contributed by atoms with Crippen LogP contribution in [-0.2, 0) is 4.79 Å². The van der Waals surface area contributed by atoms with Gasteiger partial charge < -0.3 is 15.1 Å². The quantitative estimate of drug-likeness (QED) is 0.741. The van der Waals surface area contributed by atoms with Crippen molar-refractivity contribution in [3.05, 3.63) is 52.0 Å². The van der Waals surface area contributed by atoms with E-state index in [1.165, 1.54) is 6.26 Å². The highest BCUT2D eigenvalue weighted by Gasteiger charge is 2.25. The molecule has 2 amide bonds. The van der Waals surface area contributed by atoms with Crippen molar-refractivity contribution in [3.63, 3.8) is 0 Å². The van der Waals surface area contributed by atoms with Crippen molar-refractivity contribution < 1.29 is 14.0 Å². The first-order valence-corrected chi connectivity index (χ1v) is 7.96. The highest BCUT2D eigenvalue weighted by atomic mass is 127. The molecule has 0 fully saturated rings. The van der Waals surface area contributed by atoms with Crippen LogP contribution in [0.5, 0.6) is 0 Å². The topological polar surface area (TPSA) is 71.3 Å². The molecule has 116 valence electrons. The number of benzene rings is 1. The van der Waals surface area contributed by atoms with Gasteiger partial charge in [-0.3, -0.25) is 9.59 Å². The lowest BCUT2D eigenvalue weighted by atomic mass is 10.0. The van der Waals surface area contributed by atoms with Gasteiger partial charge in [-0.2, -0.15) is 0 Å². The molecule has 2 N–H and O–H groups in total. The maximum Gasteiger partial charge on any atom is 0.287 e. The van der Waals surface area contributed by atoms with Gasteiger partial charge >= 0.3 is 0 Å². The number of carbonyl (C=O) groups is 2. The molecule has 0 aliphatic carbocycles. The van der Waals surface area contributed by atoms with Crippen molar-refractivity contribution in [2.45, 2.75) is 19.9 Å². The van der Waals surface area contributed by atoms with Gasteiger partial charge in [0, 0.05) is 9.26 Å². The second-order valence-corrected chi connectivity index (χ2v) is 6.41. The van der Waals surface area contributed by atoms with Crippen molar-refractivity contribution in [1.82, 2.24) is 5.32 Å². The average molecular weight is 412 g/mol. The molecule has 0 aliphatic rings. The Morgan fingerprint density at radius 2 is 1.82 bits per heavy atom.